The van der Waals surface area contributed by atoms with Crippen LogP contribution in [0.4, 0.5) is 4.79 Å². The third kappa shape index (κ3) is 5.17. The monoisotopic (exact) mass is 306 g/mol. The van der Waals surface area contributed by atoms with Gasteiger partial charge in [-0.3, -0.25) is 4.79 Å². The van der Waals surface area contributed by atoms with Crippen LogP contribution in [0.5, 0.6) is 0 Å². The Morgan fingerprint density at radius 2 is 2.05 bits per heavy atom. The summed E-state index contributed by atoms with van der Waals surface area (Å²) in [4.78, 5) is 25.3. The molecule has 0 bridgehead atoms. The number of nitrogens with zero attached hydrogens (tertiary/aromatic N) is 1. The molecule has 0 aromatic rings. The molecule has 1 fully saturated rings. The highest BCUT2D eigenvalue weighted by Gasteiger charge is 2.29. The minimum atomic E-state index is -0.469. The van der Waals surface area contributed by atoms with Crippen molar-refractivity contribution in [3.8, 4) is 0 Å². The predicted molar refractivity (Wildman–Crippen MR) is 81.9 cm³/mol. The second-order valence-corrected chi connectivity index (χ2v) is 5.19. The Balaban J connectivity index is 0.00000361. The third-order valence-electron chi connectivity index (χ3n) is 3.71. The fourth-order valence-electron chi connectivity index (χ4n) is 2.14. The van der Waals surface area contributed by atoms with Crippen molar-refractivity contribution >= 4 is 24.3 Å². The quantitative estimate of drug-likeness (QED) is 0.699. The van der Waals surface area contributed by atoms with Crippen LogP contribution in [0, 0.1) is 5.92 Å². The average Bonchev–Trinajstić information content (AvgIpc) is 2.85. The molecule has 1 aliphatic heterocycles. The van der Waals surface area contributed by atoms with Gasteiger partial charge in [0.25, 0.3) is 0 Å². The second kappa shape index (κ2) is 9.02. The molecule has 118 valence electrons. The van der Waals surface area contributed by atoms with Crippen LogP contribution in [-0.4, -0.2) is 48.6 Å². The third-order valence-corrected chi connectivity index (χ3v) is 3.71. The van der Waals surface area contributed by atoms with E-state index in [4.69, 9.17) is 5.73 Å². The number of halogens is 1. The molecule has 1 rings (SSSR count). The standard InChI is InChI=1S/C13H26N4O2.ClH/c1-4-9(3)11(14)12(18)16-10-6-7-17(8-10)13(19)15-5-2;/h9-11H,4-8,14H2,1-3H3,(H,15,19)(H,16,18);1H. The topological polar surface area (TPSA) is 87.5 Å². The second-order valence-electron chi connectivity index (χ2n) is 5.19. The lowest BCUT2D eigenvalue weighted by atomic mass is 9.99. The van der Waals surface area contributed by atoms with Crippen LogP contribution in [0.1, 0.15) is 33.6 Å². The van der Waals surface area contributed by atoms with Crippen molar-refractivity contribution in [3.05, 3.63) is 0 Å². The van der Waals surface area contributed by atoms with Gasteiger partial charge >= 0.3 is 6.03 Å². The summed E-state index contributed by atoms with van der Waals surface area (Å²) in [7, 11) is 0. The Bertz CT molecular complexity index is 327. The SMILES string of the molecule is CCNC(=O)N1CCC(NC(=O)C(N)C(C)CC)C1.Cl. The molecular formula is C13H27ClN4O2. The minimum Gasteiger partial charge on any atom is -0.350 e. The molecule has 0 radical (unpaired) electrons. The van der Waals surface area contributed by atoms with E-state index in [1.165, 1.54) is 0 Å². The molecule has 20 heavy (non-hydrogen) atoms. The summed E-state index contributed by atoms with van der Waals surface area (Å²) in [6.07, 6.45) is 1.67. The van der Waals surface area contributed by atoms with Gasteiger partial charge in [-0.2, -0.15) is 0 Å². The van der Waals surface area contributed by atoms with Gasteiger partial charge in [0.05, 0.1) is 6.04 Å². The largest absolute Gasteiger partial charge is 0.350 e. The molecule has 0 aromatic carbocycles. The highest BCUT2D eigenvalue weighted by atomic mass is 35.5. The van der Waals surface area contributed by atoms with Crippen molar-refractivity contribution in [2.45, 2.75) is 45.7 Å². The highest BCUT2D eigenvalue weighted by molar-refractivity contribution is 5.85. The van der Waals surface area contributed by atoms with Crippen LogP contribution in [-0.2, 0) is 4.79 Å². The Labute approximate surface area is 127 Å². The Morgan fingerprint density at radius 3 is 2.60 bits per heavy atom. The van der Waals surface area contributed by atoms with Gasteiger partial charge in [0.1, 0.15) is 0 Å². The van der Waals surface area contributed by atoms with Gasteiger partial charge in [-0.15, -0.1) is 12.4 Å². The number of carbonyl (C=O) groups is 2. The first-order valence-corrected chi connectivity index (χ1v) is 7.08. The number of nitrogens with two attached hydrogens (primary N) is 1. The van der Waals surface area contributed by atoms with E-state index in [2.05, 4.69) is 10.6 Å². The molecule has 1 heterocycles. The maximum atomic E-state index is 11.9. The van der Waals surface area contributed by atoms with Crippen molar-refractivity contribution < 1.29 is 9.59 Å². The molecule has 0 aliphatic carbocycles. The summed E-state index contributed by atoms with van der Waals surface area (Å²) in [5.41, 5.74) is 5.89. The zero-order valence-electron chi connectivity index (χ0n) is 12.5. The smallest absolute Gasteiger partial charge is 0.317 e. The highest BCUT2D eigenvalue weighted by Crippen LogP contribution is 2.11. The first-order valence-electron chi connectivity index (χ1n) is 7.08. The first-order chi connectivity index (χ1) is 8.99. The lowest BCUT2D eigenvalue weighted by Gasteiger charge is -2.21. The number of hydrogen-bond donors (Lipinski definition) is 3. The molecule has 1 saturated heterocycles. The zero-order chi connectivity index (χ0) is 14.4. The number of amides is 3. The van der Waals surface area contributed by atoms with Crippen LogP contribution >= 0.6 is 12.4 Å². The number of rotatable bonds is 5. The molecular weight excluding hydrogens is 280 g/mol. The lowest BCUT2D eigenvalue weighted by molar-refractivity contribution is -0.124. The molecule has 6 nitrogen and oxygen atoms in total. The van der Waals surface area contributed by atoms with Crippen molar-refractivity contribution in [1.29, 1.82) is 0 Å². The van der Waals surface area contributed by atoms with E-state index in [0.717, 1.165) is 12.8 Å². The maximum absolute atomic E-state index is 11.9. The Kier molecular flexibility index (Phi) is 8.57. The minimum absolute atomic E-state index is 0. The number of urea groups is 1. The molecule has 3 unspecified atom stereocenters. The van der Waals surface area contributed by atoms with E-state index < -0.39 is 6.04 Å². The van der Waals surface area contributed by atoms with Gasteiger partial charge in [0, 0.05) is 25.7 Å². The molecule has 4 N–H and O–H groups in total. The number of carbonyl (C=O) groups excluding carboxylic acids is 2. The number of hydrogen-bond acceptors (Lipinski definition) is 3. The summed E-state index contributed by atoms with van der Waals surface area (Å²) in [5.74, 6) is 0.0537. The van der Waals surface area contributed by atoms with Gasteiger partial charge < -0.3 is 21.3 Å². The van der Waals surface area contributed by atoms with Crippen LogP contribution in [0.2, 0.25) is 0 Å². The van der Waals surface area contributed by atoms with E-state index >= 15 is 0 Å². The summed E-state index contributed by atoms with van der Waals surface area (Å²) in [6, 6.07) is -0.515. The number of likely N-dealkylation sites (tertiary alicyclic amines) is 1. The van der Waals surface area contributed by atoms with Gasteiger partial charge in [0.15, 0.2) is 0 Å². The van der Waals surface area contributed by atoms with Gasteiger partial charge in [-0.25, -0.2) is 4.79 Å². The van der Waals surface area contributed by atoms with E-state index in [1.807, 2.05) is 20.8 Å². The maximum Gasteiger partial charge on any atom is 0.317 e. The molecule has 0 saturated carbocycles. The predicted octanol–water partition coefficient (Wildman–Crippen LogP) is 0.702. The molecule has 0 spiro atoms. The van der Waals surface area contributed by atoms with Crippen molar-refractivity contribution in [2.24, 2.45) is 11.7 Å². The number of nitrogens with one attached hydrogen (secondary N) is 2. The van der Waals surface area contributed by atoms with Gasteiger partial charge in [-0.05, 0) is 19.3 Å². The van der Waals surface area contributed by atoms with Crippen LogP contribution < -0.4 is 16.4 Å². The van der Waals surface area contributed by atoms with E-state index in [9.17, 15) is 9.59 Å². The Morgan fingerprint density at radius 1 is 1.40 bits per heavy atom. The van der Waals surface area contributed by atoms with Crippen LogP contribution in [0.25, 0.3) is 0 Å². The molecule has 3 amide bonds. The van der Waals surface area contributed by atoms with Gasteiger partial charge in [0.2, 0.25) is 5.91 Å². The van der Waals surface area contributed by atoms with Crippen molar-refractivity contribution in [1.82, 2.24) is 15.5 Å². The van der Waals surface area contributed by atoms with E-state index in [0.29, 0.717) is 19.6 Å². The van der Waals surface area contributed by atoms with Crippen LogP contribution in [0.15, 0.2) is 0 Å². The molecule has 7 heteroatoms. The molecule has 3 atom stereocenters. The van der Waals surface area contributed by atoms with E-state index in [1.54, 1.807) is 4.90 Å². The van der Waals surface area contributed by atoms with Crippen molar-refractivity contribution in [2.75, 3.05) is 19.6 Å². The summed E-state index contributed by atoms with van der Waals surface area (Å²) in [5, 5.41) is 5.70. The van der Waals surface area contributed by atoms with Gasteiger partial charge in [-0.1, -0.05) is 20.3 Å². The molecule has 0 aromatic heterocycles. The normalized spacial score (nSPS) is 20.8. The lowest BCUT2D eigenvalue weighted by Crippen LogP contribution is -2.49. The van der Waals surface area contributed by atoms with Crippen molar-refractivity contribution in [3.63, 3.8) is 0 Å². The summed E-state index contributed by atoms with van der Waals surface area (Å²) in [6.45, 7) is 7.73. The first kappa shape index (κ1) is 19.0. The van der Waals surface area contributed by atoms with E-state index in [-0.39, 0.29) is 36.3 Å². The fourth-order valence-corrected chi connectivity index (χ4v) is 2.14. The molecule has 1 aliphatic rings. The average molecular weight is 307 g/mol. The summed E-state index contributed by atoms with van der Waals surface area (Å²) >= 11 is 0. The fraction of sp³-hybridized carbons (Fsp3) is 0.846. The Hall–Kier alpha value is -1.01. The summed E-state index contributed by atoms with van der Waals surface area (Å²) < 4.78 is 0. The van der Waals surface area contributed by atoms with Crippen LogP contribution in [0.3, 0.4) is 0 Å². The zero-order valence-corrected chi connectivity index (χ0v) is 13.3.